The highest BCUT2D eigenvalue weighted by Gasteiger charge is 2.29. The second-order valence-corrected chi connectivity index (χ2v) is 4.50. The fourth-order valence-electron chi connectivity index (χ4n) is 1.65. The summed E-state index contributed by atoms with van der Waals surface area (Å²) in [7, 11) is 0. The van der Waals surface area contributed by atoms with E-state index in [-0.39, 0.29) is 6.10 Å². The normalized spacial score (nSPS) is 16.6. The molecule has 94 valence electrons. The van der Waals surface area contributed by atoms with E-state index in [1.807, 2.05) is 0 Å². The summed E-state index contributed by atoms with van der Waals surface area (Å²) in [5, 5.41) is 16.0. The van der Waals surface area contributed by atoms with E-state index < -0.39 is 0 Å². The van der Waals surface area contributed by atoms with E-state index in [4.69, 9.17) is 0 Å². The molecule has 0 saturated heterocycles. The summed E-state index contributed by atoms with van der Waals surface area (Å²) in [4.78, 5) is 8.47. The molecule has 0 radical (unpaired) electrons. The summed E-state index contributed by atoms with van der Waals surface area (Å²) in [5.41, 5.74) is 0. The number of anilines is 2. The van der Waals surface area contributed by atoms with Gasteiger partial charge in [-0.3, -0.25) is 4.98 Å². The molecule has 1 aromatic rings. The van der Waals surface area contributed by atoms with Crippen LogP contribution in [0.25, 0.3) is 0 Å². The van der Waals surface area contributed by atoms with Crippen LogP contribution in [0.2, 0.25) is 0 Å². The van der Waals surface area contributed by atoms with Crippen LogP contribution in [0.5, 0.6) is 0 Å². The van der Waals surface area contributed by atoms with Crippen molar-refractivity contribution in [3.63, 3.8) is 0 Å². The largest absolute Gasteiger partial charge is 0.391 e. The first-order chi connectivity index (χ1) is 8.29. The molecule has 17 heavy (non-hydrogen) atoms. The highest BCUT2D eigenvalue weighted by Crippen LogP contribution is 2.32. The van der Waals surface area contributed by atoms with Crippen LogP contribution < -0.4 is 10.6 Å². The number of rotatable bonds is 7. The van der Waals surface area contributed by atoms with Crippen LogP contribution in [0.15, 0.2) is 12.4 Å². The lowest BCUT2D eigenvalue weighted by Gasteiger charge is -2.11. The van der Waals surface area contributed by atoms with E-state index in [1.165, 1.54) is 0 Å². The predicted octanol–water partition coefficient (Wildman–Crippen LogP) is 1.48. The molecule has 1 fully saturated rings. The Balaban J connectivity index is 1.82. The molecule has 1 heterocycles. The van der Waals surface area contributed by atoms with Crippen molar-refractivity contribution in [1.29, 1.82) is 0 Å². The molecule has 0 aromatic carbocycles. The maximum atomic E-state index is 9.73. The fourth-order valence-corrected chi connectivity index (χ4v) is 1.65. The third-order valence-corrected chi connectivity index (χ3v) is 2.85. The number of hydrogen-bond donors (Lipinski definition) is 3. The number of aliphatic hydroxyl groups excluding tert-OH is 1. The molecule has 2 rings (SSSR count). The molecule has 5 nitrogen and oxygen atoms in total. The number of aromatic nitrogens is 2. The van der Waals surface area contributed by atoms with Crippen LogP contribution in [-0.2, 0) is 0 Å². The molecule has 1 aliphatic carbocycles. The van der Waals surface area contributed by atoms with Crippen LogP contribution in [-0.4, -0.2) is 34.3 Å². The Labute approximate surface area is 102 Å². The zero-order valence-electron chi connectivity index (χ0n) is 10.2. The molecule has 1 aliphatic rings. The Hall–Kier alpha value is -1.36. The summed E-state index contributed by atoms with van der Waals surface area (Å²) < 4.78 is 0. The van der Waals surface area contributed by atoms with Gasteiger partial charge < -0.3 is 15.7 Å². The lowest BCUT2D eigenvalue weighted by molar-refractivity contribution is 0.164. The van der Waals surface area contributed by atoms with Gasteiger partial charge in [-0.15, -0.1) is 0 Å². The minimum absolute atomic E-state index is 0.260. The van der Waals surface area contributed by atoms with Gasteiger partial charge in [0, 0.05) is 13.1 Å². The zero-order valence-corrected chi connectivity index (χ0v) is 10.2. The molecule has 1 aromatic heterocycles. The van der Waals surface area contributed by atoms with Crippen molar-refractivity contribution in [1.82, 2.24) is 9.97 Å². The summed E-state index contributed by atoms with van der Waals surface area (Å²) >= 11 is 0. The molecule has 1 atom stereocenters. The molecule has 0 amide bonds. The lowest BCUT2D eigenvalue weighted by atomic mass is 10.2. The van der Waals surface area contributed by atoms with E-state index >= 15 is 0 Å². The Kier molecular flexibility index (Phi) is 4.14. The maximum Gasteiger partial charge on any atom is 0.147 e. The highest BCUT2D eigenvalue weighted by molar-refractivity contribution is 5.41. The number of hydrogen-bond acceptors (Lipinski definition) is 5. The smallest absolute Gasteiger partial charge is 0.147 e. The number of aliphatic hydroxyl groups is 1. The first-order valence-corrected chi connectivity index (χ1v) is 6.27. The Morgan fingerprint density at radius 3 is 2.71 bits per heavy atom. The van der Waals surface area contributed by atoms with Gasteiger partial charge in [0.25, 0.3) is 0 Å². The minimum atomic E-state index is -0.260. The standard InChI is InChI=1S/C12H20N4O/c1-2-5-14-11-7-13-8-12(16-11)15-6-10(17)9-3-4-9/h7-10,17H,2-6H2,1H3,(H2,14,15,16). The van der Waals surface area contributed by atoms with E-state index in [0.717, 1.165) is 31.6 Å². The monoisotopic (exact) mass is 236 g/mol. The van der Waals surface area contributed by atoms with Gasteiger partial charge in [0.05, 0.1) is 18.5 Å². The molecule has 0 bridgehead atoms. The second-order valence-electron chi connectivity index (χ2n) is 4.50. The molecular formula is C12H20N4O. The van der Waals surface area contributed by atoms with Crippen LogP contribution in [0, 0.1) is 5.92 Å². The SMILES string of the molecule is CCCNc1cncc(NCC(O)C2CC2)n1. The average Bonchev–Trinajstić information content (AvgIpc) is 3.18. The Morgan fingerprint density at radius 1 is 1.35 bits per heavy atom. The summed E-state index contributed by atoms with van der Waals surface area (Å²) in [6.45, 7) is 3.55. The van der Waals surface area contributed by atoms with Gasteiger partial charge in [-0.25, -0.2) is 4.98 Å². The lowest BCUT2D eigenvalue weighted by Crippen LogP contribution is -2.22. The topological polar surface area (TPSA) is 70.1 Å². The zero-order chi connectivity index (χ0) is 12.1. The van der Waals surface area contributed by atoms with E-state index in [2.05, 4.69) is 27.5 Å². The second kappa shape index (κ2) is 5.82. The minimum Gasteiger partial charge on any atom is -0.391 e. The van der Waals surface area contributed by atoms with Gasteiger partial charge in [0.2, 0.25) is 0 Å². The van der Waals surface area contributed by atoms with Crippen molar-refractivity contribution in [2.24, 2.45) is 5.92 Å². The number of nitrogens with zero attached hydrogens (tertiary/aromatic N) is 2. The van der Waals surface area contributed by atoms with Crippen molar-refractivity contribution in [2.75, 3.05) is 23.7 Å². The molecule has 1 saturated carbocycles. The van der Waals surface area contributed by atoms with Crippen LogP contribution in [0.3, 0.4) is 0 Å². The van der Waals surface area contributed by atoms with Crippen LogP contribution in [0.4, 0.5) is 11.6 Å². The average molecular weight is 236 g/mol. The van der Waals surface area contributed by atoms with Gasteiger partial charge in [0.15, 0.2) is 0 Å². The molecule has 5 heteroatoms. The number of nitrogens with one attached hydrogen (secondary N) is 2. The van der Waals surface area contributed by atoms with E-state index in [1.54, 1.807) is 12.4 Å². The first-order valence-electron chi connectivity index (χ1n) is 6.27. The molecule has 1 unspecified atom stereocenters. The maximum absolute atomic E-state index is 9.73. The predicted molar refractivity (Wildman–Crippen MR) is 68.0 cm³/mol. The molecule has 3 N–H and O–H groups in total. The third kappa shape index (κ3) is 3.85. The van der Waals surface area contributed by atoms with Crippen molar-refractivity contribution >= 4 is 11.6 Å². The summed E-state index contributed by atoms with van der Waals surface area (Å²) in [6.07, 6.45) is 6.47. The fraction of sp³-hybridized carbons (Fsp3) is 0.667. The van der Waals surface area contributed by atoms with Crippen molar-refractivity contribution in [2.45, 2.75) is 32.3 Å². The molecule has 0 aliphatic heterocycles. The third-order valence-electron chi connectivity index (χ3n) is 2.85. The molecular weight excluding hydrogens is 216 g/mol. The summed E-state index contributed by atoms with van der Waals surface area (Å²) in [5.74, 6) is 1.97. The van der Waals surface area contributed by atoms with Crippen molar-refractivity contribution in [3.8, 4) is 0 Å². The van der Waals surface area contributed by atoms with Gasteiger partial charge >= 0.3 is 0 Å². The highest BCUT2D eigenvalue weighted by atomic mass is 16.3. The van der Waals surface area contributed by atoms with Crippen molar-refractivity contribution in [3.05, 3.63) is 12.4 Å². The first kappa shape index (κ1) is 12.1. The van der Waals surface area contributed by atoms with Gasteiger partial charge in [-0.1, -0.05) is 6.92 Å². The van der Waals surface area contributed by atoms with Crippen LogP contribution in [0.1, 0.15) is 26.2 Å². The summed E-state index contributed by atoms with van der Waals surface area (Å²) in [6, 6.07) is 0. The van der Waals surface area contributed by atoms with Gasteiger partial charge in [0.1, 0.15) is 11.6 Å². The molecule has 0 spiro atoms. The van der Waals surface area contributed by atoms with Crippen LogP contribution >= 0.6 is 0 Å². The van der Waals surface area contributed by atoms with E-state index in [0.29, 0.717) is 18.3 Å². The van der Waals surface area contributed by atoms with E-state index in [9.17, 15) is 5.11 Å². The Bertz CT molecular complexity index is 354. The van der Waals surface area contributed by atoms with Gasteiger partial charge in [-0.2, -0.15) is 0 Å². The quantitative estimate of drug-likeness (QED) is 0.669. The van der Waals surface area contributed by atoms with Gasteiger partial charge in [-0.05, 0) is 25.2 Å². The van der Waals surface area contributed by atoms with Crippen molar-refractivity contribution < 1.29 is 5.11 Å². The Morgan fingerprint density at radius 2 is 2.06 bits per heavy atom.